The standard InChI is InChI=1S/C18H19Br2NO2/c1-18(2,3)15-10-13(20)6-9-16(15)23-11-17(22)21-14-7-4-12(19)5-8-14/h4-10H,11H2,1-3H3,(H,21,22). The van der Waals surface area contributed by atoms with Crippen molar-refractivity contribution in [3.63, 3.8) is 0 Å². The fourth-order valence-electron chi connectivity index (χ4n) is 2.09. The first-order valence-corrected chi connectivity index (χ1v) is 8.82. The zero-order chi connectivity index (χ0) is 17.0. The van der Waals surface area contributed by atoms with Gasteiger partial charge < -0.3 is 10.1 Å². The van der Waals surface area contributed by atoms with Gasteiger partial charge in [-0.05, 0) is 47.9 Å². The molecule has 2 aromatic rings. The Hall–Kier alpha value is -1.33. The van der Waals surface area contributed by atoms with E-state index in [-0.39, 0.29) is 17.9 Å². The number of ether oxygens (including phenoxy) is 1. The number of hydrogen-bond acceptors (Lipinski definition) is 2. The number of halogens is 2. The first kappa shape index (κ1) is 18.0. The van der Waals surface area contributed by atoms with Gasteiger partial charge in [-0.1, -0.05) is 52.6 Å². The van der Waals surface area contributed by atoms with Crippen molar-refractivity contribution >= 4 is 43.5 Å². The number of carbonyl (C=O) groups excluding carboxylic acids is 1. The minimum atomic E-state index is -0.185. The number of amides is 1. The van der Waals surface area contributed by atoms with Gasteiger partial charge in [-0.2, -0.15) is 0 Å². The van der Waals surface area contributed by atoms with E-state index in [4.69, 9.17) is 4.74 Å². The highest BCUT2D eigenvalue weighted by molar-refractivity contribution is 9.10. The molecule has 0 fully saturated rings. The summed E-state index contributed by atoms with van der Waals surface area (Å²) in [4.78, 5) is 12.0. The molecule has 0 atom stereocenters. The van der Waals surface area contributed by atoms with Crippen LogP contribution in [0.5, 0.6) is 5.75 Å². The molecule has 1 amide bonds. The monoisotopic (exact) mass is 439 g/mol. The molecule has 3 nitrogen and oxygen atoms in total. The smallest absolute Gasteiger partial charge is 0.262 e. The van der Waals surface area contributed by atoms with Crippen LogP contribution in [0.4, 0.5) is 5.69 Å². The number of carbonyl (C=O) groups is 1. The highest BCUT2D eigenvalue weighted by Crippen LogP contribution is 2.33. The molecule has 0 unspecified atom stereocenters. The Morgan fingerprint density at radius 2 is 1.65 bits per heavy atom. The lowest BCUT2D eigenvalue weighted by Gasteiger charge is -2.23. The zero-order valence-electron chi connectivity index (χ0n) is 13.3. The summed E-state index contributed by atoms with van der Waals surface area (Å²) in [6.45, 7) is 6.32. The highest BCUT2D eigenvalue weighted by Gasteiger charge is 2.20. The Labute approximate surface area is 153 Å². The average Bonchev–Trinajstić information content (AvgIpc) is 2.47. The summed E-state index contributed by atoms with van der Waals surface area (Å²) in [5.74, 6) is 0.543. The third-order valence-electron chi connectivity index (χ3n) is 3.24. The van der Waals surface area contributed by atoms with Crippen LogP contribution in [-0.4, -0.2) is 12.5 Å². The van der Waals surface area contributed by atoms with Crippen LogP contribution in [0.3, 0.4) is 0 Å². The van der Waals surface area contributed by atoms with Crippen LogP contribution in [0.25, 0.3) is 0 Å². The van der Waals surface area contributed by atoms with Crippen LogP contribution < -0.4 is 10.1 Å². The lowest BCUT2D eigenvalue weighted by molar-refractivity contribution is -0.118. The fraction of sp³-hybridized carbons (Fsp3) is 0.278. The average molecular weight is 441 g/mol. The Morgan fingerprint density at radius 3 is 2.26 bits per heavy atom. The Balaban J connectivity index is 2.03. The molecule has 0 spiro atoms. The molecule has 23 heavy (non-hydrogen) atoms. The largest absolute Gasteiger partial charge is 0.483 e. The number of hydrogen-bond donors (Lipinski definition) is 1. The molecule has 0 heterocycles. The molecule has 0 bridgehead atoms. The van der Waals surface area contributed by atoms with Crippen molar-refractivity contribution < 1.29 is 9.53 Å². The number of anilines is 1. The van der Waals surface area contributed by atoms with Gasteiger partial charge in [0.05, 0.1) is 0 Å². The summed E-state index contributed by atoms with van der Waals surface area (Å²) in [6, 6.07) is 13.3. The minimum absolute atomic E-state index is 0.0270. The Kier molecular flexibility index (Phi) is 5.87. The molecule has 122 valence electrons. The lowest BCUT2D eigenvalue weighted by atomic mass is 9.86. The van der Waals surface area contributed by atoms with E-state index in [2.05, 4.69) is 57.9 Å². The number of nitrogens with one attached hydrogen (secondary N) is 1. The molecule has 2 aromatic carbocycles. The van der Waals surface area contributed by atoms with Gasteiger partial charge in [0.15, 0.2) is 6.61 Å². The van der Waals surface area contributed by atoms with Crippen molar-refractivity contribution in [2.24, 2.45) is 0 Å². The summed E-state index contributed by atoms with van der Waals surface area (Å²) < 4.78 is 7.70. The van der Waals surface area contributed by atoms with Crippen molar-refractivity contribution in [2.75, 3.05) is 11.9 Å². The summed E-state index contributed by atoms with van der Waals surface area (Å²) in [7, 11) is 0. The van der Waals surface area contributed by atoms with Gasteiger partial charge in [0.2, 0.25) is 0 Å². The maximum Gasteiger partial charge on any atom is 0.262 e. The first-order chi connectivity index (χ1) is 10.8. The molecule has 2 rings (SSSR count). The van der Waals surface area contributed by atoms with E-state index >= 15 is 0 Å². The second-order valence-electron chi connectivity index (χ2n) is 6.23. The topological polar surface area (TPSA) is 38.3 Å². The van der Waals surface area contributed by atoms with Crippen molar-refractivity contribution in [3.05, 3.63) is 57.0 Å². The molecule has 0 aliphatic carbocycles. The maximum absolute atomic E-state index is 12.0. The predicted molar refractivity (Wildman–Crippen MR) is 101 cm³/mol. The summed E-state index contributed by atoms with van der Waals surface area (Å²) >= 11 is 6.84. The van der Waals surface area contributed by atoms with E-state index in [1.54, 1.807) is 0 Å². The van der Waals surface area contributed by atoms with E-state index in [1.165, 1.54) is 0 Å². The van der Waals surface area contributed by atoms with E-state index in [9.17, 15) is 4.79 Å². The molecule has 0 radical (unpaired) electrons. The first-order valence-electron chi connectivity index (χ1n) is 7.24. The third-order valence-corrected chi connectivity index (χ3v) is 4.26. The van der Waals surface area contributed by atoms with Crippen LogP contribution >= 0.6 is 31.9 Å². The molecular weight excluding hydrogens is 422 g/mol. The molecule has 0 aromatic heterocycles. The zero-order valence-corrected chi connectivity index (χ0v) is 16.5. The summed E-state index contributed by atoms with van der Waals surface area (Å²) in [6.07, 6.45) is 0. The van der Waals surface area contributed by atoms with E-state index in [0.717, 1.165) is 25.9 Å². The van der Waals surface area contributed by atoms with Crippen LogP contribution in [0.15, 0.2) is 51.4 Å². The van der Waals surface area contributed by atoms with Crippen molar-refractivity contribution in [3.8, 4) is 5.75 Å². The molecular formula is C18H19Br2NO2. The minimum Gasteiger partial charge on any atom is -0.483 e. The van der Waals surface area contributed by atoms with E-state index in [1.807, 2.05) is 42.5 Å². The van der Waals surface area contributed by atoms with E-state index in [0.29, 0.717) is 0 Å². The van der Waals surface area contributed by atoms with Crippen LogP contribution in [0, 0.1) is 0 Å². The van der Waals surface area contributed by atoms with Crippen molar-refractivity contribution in [1.29, 1.82) is 0 Å². The quantitative estimate of drug-likeness (QED) is 0.678. The molecule has 0 aliphatic rings. The number of benzene rings is 2. The van der Waals surface area contributed by atoms with Gasteiger partial charge in [0.1, 0.15) is 5.75 Å². The molecule has 5 heteroatoms. The van der Waals surface area contributed by atoms with E-state index < -0.39 is 0 Å². The molecule has 1 N–H and O–H groups in total. The lowest BCUT2D eigenvalue weighted by Crippen LogP contribution is -2.22. The van der Waals surface area contributed by atoms with Gasteiger partial charge in [-0.15, -0.1) is 0 Å². The summed E-state index contributed by atoms with van der Waals surface area (Å²) in [5, 5.41) is 2.81. The highest BCUT2D eigenvalue weighted by atomic mass is 79.9. The second-order valence-corrected chi connectivity index (χ2v) is 8.07. The Bertz CT molecular complexity index is 691. The van der Waals surface area contributed by atoms with Crippen molar-refractivity contribution in [2.45, 2.75) is 26.2 Å². The molecule has 0 aliphatic heterocycles. The summed E-state index contributed by atoms with van der Waals surface area (Å²) in [5.41, 5.74) is 1.73. The third kappa shape index (κ3) is 5.36. The maximum atomic E-state index is 12.0. The van der Waals surface area contributed by atoms with Crippen molar-refractivity contribution in [1.82, 2.24) is 0 Å². The number of rotatable bonds is 4. The second kappa shape index (κ2) is 7.49. The van der Waals surface area contributed by atoms with Crippen LogP contribution in [0.2, 0.25) is 0 Å². The molecule has 0 saturated heterocycles. The van der Waals surface area contributed by atoms with Crippen LogP contribution in [-0.2, 0) is 10.2 Å². The van der Waals surface area contributed by atoms with Gasteiger partial charge >= 0.3 is 0 Å². The van der Waals surface area contributed by atoms with Gasteiger partial charge in [-0.25, -0.2) is 0 Å². The van der Waals surface area contributed by atoms with Gasteiger partial charge in [-0.3, -0.25) is 4.79 Å². The van der Waals surface area contributed by atoms with Gasteiger partial charge in [0.25, 0.3) is 5.91 Å². The predicted octanol–water partition coefficient (Wildman–Crippen LogP) is 5.53. The fourth-order valence-corrected chi connectivity index (χ4v) is 2.71. The SMILES string of the molecule is CC(C)(C)c1cc(Br)ccc1OCC(=O)Nc1ccc(Br)cc1. The normalized spacial score (nSPS) is 11.2. The molecule has 0 saturated carbocycles. The Morgan fingerprint density at radius 1 is 1.04 bits per heavy atom. The van der Waals surface area contributed by atoms with Crippen LogP contribution in [0.1, 0.15) is 26.3 Å². The van der Waals surface area contributed by atoms with Gasteiger partial charge in [0, 0.05) is 20.2 Å².